The molecule has 16 heavy (non-hydrogen) atoms. The Morgan fingerprint density at radius 1 is 1.31 bits per heavy atom. The van der Waals surface area contributed by atoms with E-state index in [1.54, 1.807) is 0 Å². The molecule has 0 bridgehead atoms. The number of ether oxygens (including phenoxy) is 1. The minimum atomic E-state index is -1.25. The molecule has 0 fully saturated rings. The van der Waals surface area contributed by atoms with E-state index < -0.39 is 14.2 Å². The summed E-state index contributed by atoms with van der Waals surface area (Å²) in [6.07, 6.45) is -0.752. The molecular formula is C10H17NO4Si. The van der Waals surface area contributed by atoms with Gasteiger partial charge in [0.2, 0.25) is 11.8 Å². The lowest BCUT2D eigenvalue weighted by Gasteiger charge is -2.15. The maximum Gasteiger partial charge on any atom is 0.423 e. The summed E-state index contributed by atoms with van der Waals surface area (Å²) >= 11 is 0. The van der Waals surface area contributed by atoms with E-state index in [-0.39, 0.29) is 11.8 Å². The van der Waals surface area contributed by atoms with E-state index >= 15 is 0 Å². The van der Waals surface area contributed by atoms with Crippen molar-refractivity contribution in [1.29, 1.82) is 0 Å². The van der Waals surface area contributed by atoms with E-state index in [0.717, 1.165) is 10.6 Å². The molecule has 0 aliphatic rings. The van der Waals surface area contributed by atoms with Crippen molar-refractivity contribution in [2.75, 3.05) is 6.61 Å². The summed E-state index contributed by atoms with van der Waals surface area (Å²) in [6.45, 7) is 6.83. The molecule has 6 heteroatoms. The molecule has 1 heterocycles. The minimum absolute atomic E-state index is 0.311. The summed E-state index contributed by atoms with van der Waals surface area (Å²) in [4.78, 5) is 11.5. The van der Waals surface area contributed by atoms with E-state index in [1.165, 1.54) is 12.1 Å². The molecule has 0 aromatic carbocycles. The minimum Gasteiger partial charge on any atom is -0.494 e. The number of carbonyl (C=O) groups is 1. The number of carbonyl (C=O) groups excluding carboxylic acids is 1. The molecule has 2 N–H and O–H groups in total. The summed E-state index contributed by atoms with van der Waals surface area (Å²) in [5, 5.41) is 18.5. The molecule has 0 aliphatic heterocycles. The Morgan fingerprint density at radius 2 is 1.81 bits per heavy atom. The Morgan fingerprint density at radius 3 is 2.25 bits per heavy atom. The highest BCUT2D eigenvalue weighted by molar-refractivity contribution is 6.76. The zero-order valence-corrected chi connectivity index (χ0v) is 10.7. The standard InChI is InChI=1S/C10H17NO4Si/c1-16(2,3)7-6-15-10(14)11-8(12)4-5-9(11)13/h4-5,12-13H,6-7H2,1-3H3. The lowest BCUT2D eigenvalue weighted by atomic mass is 10.6. The van der Waals surface area contributed by atoms with Gasteiger partial charge in [-0.15, -0.1) is 0 Å². The van der Waals surface area contributed by atoms with Crippen LogP contribution in [0.3, 0.4) is 0 Å². The first-order valence-electron chi connectivity index (χ1n) is 5.08. The average molecular weight is 243 g/mol. The zero-order chi connectivity index (χ0) is 12.3. The van der Waals surface area contributed by atoms with Crippen LogP contribution in [0, 0.1) is 0 Å². The van der Waals surface area contributed by atoms with Crippen LogP contribution in [0.2, 0.25) is 25.7 Å². The van der Waals surface area contributed by atoms with Crippen molar-refractivity contribution in [2.24, 2.45) is 0 Å². The van der Waals surface area contributed by atoms with Crippen molar-refractivity contribution in [1.82, 2.24) is 4.57 Å². The largest absolute Gasteiger partial charge is 0.494 e. The van der Waals surface area contributed by atoms with Crippen LogP contribution in [0.1, 0.15) is 0 Å². The third kappa shape index (κ3) is 3.30. The van der Waals surface area contributed by atoms with E-state index in [1.807, 2.05) is 0 Å². The summed E-state index contributed by atoms with van der Waals surface area (Å²) in [7, 11) is -1.25. The summed E-state index contributed by atoms with van der Waals surface area (Å²) in [6, 6.07) is 3.31. The number of rotatable bonds is 3. The van der Waals surface area contributed by atoms with E-state index in [9.17, 15) is 15.0 Å². The van der Waals surface area contributed by atoms with Gasteiger partial charge in [-0.3, -0.25) is 0 Å². The lowest BCUT2D eigenvalue weighted by molar-refractivity contribution is 0.148. The summed E-state index contributed by atoms with van der Waals surface area (Å²) in [5.41, 5.74) is 0. The Hall–Kier alpha value is -1.43. The van der Waals surface area contributed by atoms with Gasteiger partial charge in [0.1, 0.15) is 0 Å². The van der Waals surface area contributed by atoms with Crippen LogP contribution < -0.4 is 0 Å². The second kappa shape index (κ2) is 4.61. The van der Waals surface area contributed by atoms with Gasteiger partial charge in [-0.1, -0.05) is 19.6 Å². The monoisotopic (exact) mass is 243 g/mol. The summed E-state index contributed by atoms with van der Waals surface area (Å²) < 4.78 is 5.69. The molecule has 0 atom stereocenters. The number of aromatic hydroxyl groups is 2. The highest BCUT2D eigenvalue weighted by Crippen LogP contribution is 2.21. The van der Waals surface area contributed by atoms with Crippen LogP contribution in [0.4, 0.5) is 4.79 Å². The van der Waals surface area contributed by atoms with Crippen LogP contribution in [0.25, 0.3) is 0 Å². The first-order valence-corrected chi connectivity index (χ1v) is 8.79. The number of aromatic nitrogens is 1. The van der Waals surface area contributed by atoms with Crippen molar-refractivity contribution in [2.45, 2.75) is 25.7 Å². The number of hydrogen-bond donors (Lipinski definition) is 2. The average Bonchev–Trinajstić information content (AvgIpc) is 2.43. The lowest BCUT2D eigenvalue weighted by Crippen LogP contribution is -2.23. The van der Waals surface area contributed by atoms with E-state index in [0.29, 0.717) is 6.61 Å². The number of hydrogen-bond acceptors (Lipinski definition) is 4. The first-order chi connectivity index (χ1) is 7.31. The highest BCUT2D eigenvalue weighted by Gasteiger charge is 2.17. The Kier molecular flexibility index (Phi) is 3.64. The van der Waals surface area contributed by atoms with Gasteiger partial charge in [-0.2, -0.15) is 4.57 Å². The molecule has 90 valence electrons. The molecule has 0 aliphatic carbocycles. The zero-order valence-electron chi connectivity index (χ0n) is 9.73. The van der Waals surface area contributed by atoms with Gasteiger partial charge in [-0.05, 0) is 6.04 Å². The molecule has 0 amide bonds. The highest BCUT2D eigenvalue weighted by atomic mass is 28.3. The van der Waals surface area contributed by atoms with Crippen LogP contribution in [-0.4, -0.2) is 35.6 Å². The van der Waals surface area contributed by atoms with Crippen molar-refractivity contribution in [3.05, 3.63) is 12.1 Å². The molecule has 0 unspecified atom stereocenters. The third-order valence-corrected chi connectivity index (χ3v) is 3.80. The Balaban J connectivity index is 2.54. The summed E-state index contributed by atoms with van der Waals surface area (Å²) in [5.74, 6) is -0.647. The molecule has 1 aromatic rings. The van der Waals surface area contributed by atoms with E-state index in [4.69, 9.17) is 4.74 Å². The van der Waals surface area contributed by atoms with Crippen LogP contribution in [0.15, 0.2) is 12.1 Å². The van der Waals surface area contributed by atoms with Crippen molar-refractivity contribution < 1.29 is 19.7 Å². The first kappa shape index (κ1) is 12.6. The van der Waals surface area contributed by atoms with Crippen LogP contribution in [-0.2, 0) is 4.74 Å². The predicted molar refractivity (Wildman–Crippen MR) is 62.7 cm³/mol. The van der Waals surface area contributed by atoms with Gasteiger partial charge in [0.25, 0.3) is 0 Å². The quantitative estimate of drug-likeness (QED) is 0.798. The second-order valence-electron chi connectivity index (χ2n) is 4.81. The van der Waals surface area contributed by atoms with Gasteiger partial charge in [0.15, 0.2) is 0 Å². The van der Waals surface area contributed by atoms with Gasteiger partial charge in [0, 0.05) is 20.2 Å². The topological polar surface area (TPSA) is 71.7 Å². The van der Waals surface area contributed by atoms with Gasteiger partial charge in [0.05, 0.1) is 6.61 Å². The van der Waals surface area contributed by atoms with Crippen molar-refractivity contribution in [3.63, 3.8) is 0 Å². The fourth-order valence-electron chi connectivity index (χ4n) is 1.11. The van der Waals surface area contributed by atoms with Crippen molar-refractivity contribution in [3.8, 4) is 11.8 Å². The van der Waals surface area contributed by atoms with Crippen molar-refractivity contribution >= 4 is 14.2 Å². The smallest absolute Gasteiger partial charge is 0.423 e. The maximum absolute atomic E-state index is 11.5. The van der Waals surface area contributed by atoms with Gasteiger partial charge < -0.3 is 14.9 Å². The normalized spacial score (nSPS) is 11.4. The van der Waals surface area contributed by atoms with Crippen LogP contribution in [0.5, 0.6) is 11.8 Å². The van der Waals surface area contributed by atoms with Gasteiger partial charge >= 0.3 is 6.09 Å². The molecule has 1 aromatic heterocycles. The Labute approximate surface area is 95.3 Å². The fraction of sp³-hybridized carbons (Fsp3) is 0.500. The molecule has 0 spiro atoms. The molecule has 0 radical (unpaired) electrons. The molecular weight excluding hydrogens is 226 g/mol. The maximum atomic E-state index is 11.5. The Bertz CT molecular complexity index is 361. The second-order valence-corrected chi connectivity index (χ2v) is 10.4. The fourth-order valence-corrected chi connectivity index (χ4v) is 1.83. The SMILES string of the molecule is C[Si](C)(C)CCOC(=O)n1c(O)ccc1O. The molecule has 1 rings (SSSR count). The van der Waals surface area contributed by atoms with E-state index in [2.05, 4.69) is 19.6 Å². The molecule has 5 nitrogen and oxygen atoms in total. The predicted octanol–water partition coefficient (Wildman–Crippen LogP) is 2.22. The number of nitrogens with zero attached hydrogens (tertiary/aromatic N) is 1. The third-order valence-electron chi connectivity index (χ3n) is 2.10. The van der Waals surface area contributed by atoms with Crippen LogP contribution >= 0.6 is 0 Å². The van der Waals surface area contributed by atoms with Gasteiger partial charge in [-0.25, -0.2) is 4.79 Å². The molecule has 0 saturated heterocycles. The molecule has 0 saturated carbocycles.